The monoisotopic (exact) mass is 267 g/mol. The molecule has 0 spiro atoms. The van der Waals surface area contributed by atoms with E-state index in [1.807, 2.05) is 0 Å². The number of hydrogen-bond acceptors (Lipinski definition) is 1. The van der Waals surface area contributed by atoms with Crippen LogP contribution in [0.25, 0.3) is 0 Å². The van der Waals surface area contributed by atoms with Crippen LogP contribution < -0.4 is 5.73 Å². The van der Waals surface area contributed by atoms with E-state index in [2.05, 4.69) is 6.92 Å². The van der Waals surface area contributed by atoms with Crippen molar-refractivity contribution in [2.75, 3.05) is 0 Å². The highest BCUT2D eigenvalue weighted by Gasteiger charge is 2.11. The normalized spacial score (nSPS) is 30.6. The molecule has 1 aliphatic rings. The third kappa shape index (κ3) is 9.49. The summed E-state index contributed by atoms with van der Waals surface area (Å²) in [6, 6.07) is 0.454. The van der Waals surface area contributed by atoms with Gasteiger partial charge in [-0.25, -0.2) is 0 Å². The van der Waals surface area contributed by atoms with Gasteiger partial charge in [-0.05, 0) is 18.8 Å². The van der Waals surface area contributed by atoms with Crippen LogP contribution >= 0.6 is 0 Å². The third-order valence-corrected chi connectivity index (χ3v) is 4.93. The quantitative estimate of drug-likeness (QED) is 0.588. The van der Waals surface area contributed by atoms with E-state index < -0.39 is 0 Å². The van der Waals surface area contributed by atoms with Gasteiger partial charge in [0.1, 0.15) is 0 Å². The fourth-order valence-corrected chi connectivity index (χ4v) is 3.29. The van der Waals surface area contributed by atoms with Crippen LogP contribution in [0.3, 0.4) is 0 Å². The first-order valence-electron chi connectivity index (χ1n) is 9.06. The number of rotatable bonds is 0. The maximum absolute atomic E-state index is 6.31. The highest BCUT2D eigenvalue weighted by Crippen LogP contribution is 2.19. The lowest BCUT2D eigenvalue weighted by molar-refractivity contribution is 0.377. The molecule has 1 fully saturated rings. The van der Waals surface area contributed by atoms with Gasteiger partial charge in [-0.1, -0.05) is 90.4 Å². The molecule has 1 unspecified atom stereocenters. The molecule has 0 amide bonds. The van der Waals surface area contributed by atoms with E-state index in [9.17, 15) is 0 Å². The molecule has 0 aromatic rings. The standard InChI is InChI=1S/C18H37N/c1-17-15-13-11-9-7-5-3-2-4-6-8-10-12-14-16-18(17)19/h17-18H,2-16,19H2,1H3/t17?,18-/m0/s1. The SMILES string of the molecule is CC1CCCCCCCCCCCCCCC[C@@H]1N. The Morgan fingerprint density at radius 2 is 0.842 bits per heavy atom. The molecule has 2 N–H and O–H groups in total. The van der Waals surface area contributed by atoms with Gasteiger partial charge >= 0.3 is 0 Å². The zero-order valence-corrected chi connectivity index (χ0v) is 13.3. The zero-order valence-electron chi connectivity index (χ0n) is 13.3. The summed E-state index contributed by atoms with van der Waals surface area (Å²) in [6.45, 7) is 2.36. The van der Waals surface area contributed by atoms with Crippen LogP contribution in [-0.4, -0.2) is 6.04 Å². The zero-order chi connectivity index (χ0) is 13.8. The fourth-order valence-electron chi connectivity index (χ4n) is 3.29. The van der Waals surface area contributed by atoms with Gasteiger partial charge in [0.25, 0.3) is 0 Å². The van der Waals surface area contributed by atoms with Crippen LogP contribution in [0, 0.1) is 5.92 Å². The van der Waals surface area contributed by atoms with E-state index >= 15 is 0 Å². The lowest BCUT2D eigenvalue weighted by atomic mass is 9.92. The first kappa shape index (κ1) is 17.0. The van der Waals surface area contributed by atoms with E-state index in [0.717, 1.165) is 5.92 Å². The Bertz CT molecular complexity index is 170. The van der Waals surface area contributed by atoms with Crippen molar-refractivity contribution in [2.24, 2.45) is 11.7 Å². The summed E-state index contributed by atoms with van der Waals surface area (Å²) in [5, 5.41) is 0. The number of hydrogen-bond donors (Lipinski definition) is 1. The van der Waals surface area contributed by atoms with Crippen molar-refractivity contribution in [1.29, 1.82) is 0 Å². The molecule has 0 aliphatic heterocycles. The third-order valence-electron chi connectivity index (χ3n) is 4.93. The predicted molar refractivity (Wildman–Crippen MR) is 86.4 cm³/mol. The molecule has 0 aromatic carbocycles. The maximum Gasteiger partial charge on any atom is 0.00645 e. The Hall–Kier alpha value is -0.0400. The van der Waals surface area contributed by atoms with E-state index in [0.29, 0.717) is 6.04 Å². The molecule has 1 aliphatic carbocycles. The molecule has 1 rings (SSSR count). The second kappa shape index (κ2) is 11.8. The maximum atomic E-state index is 6.31. The molecular formula is C18H37N. The van der Waals surface area contributed by atoms with Gasteiger partial charge in [0.2, 0.25) is 0 Å². The van der Waals surface area contributed by atoms with Crippen molar-refractivity contribution in [3.63, 3.8) is 0 Å². The van der Waals surface area contributed by atoms with Gasteiger partial charge in [-0.2, -0.15) is 0 Å². The van der Waals surface area contributed by atoms with E-state index in [4.69, 9.17) is 5.73 Å². The highest BCUT2D eigenvalue weighted by atomic mass is 14.6. The molecule has 19 heavy (non-hydrogen) atoms. The molecule has 0 radical (unpaired) electrons. The smallest absolute Gasteiger partial charge is 0.00645 e. The average molecular weight is 268 g/mol. The molecule has 0 bridgehead atoms. The Morgan fingerprint density at radius 3 is 1.26 bits per heavy atom. The van der Waals surface area contributed by atoms with E-state index in [-0.39, 0.29) is 0 Å². The topological polar surface area (TPSA) is 26.0 Å². The molecular weight excluding hydrogens is 230 g/mol. The van der Waals surface area contributed by atoms with Crippen molar-refractivity contribution in [3.8, 4) is 0 Å². The minimum Gasteiger partial charge on any atom is -0.327 e. The van der Waals surface area contributed by atoms with Crippen LogP contribution in [0.15, 0.2) is 0 Å². The summed E-state index contributed by atoms with van der Waals surface area (Å²) in [4.78, 5) is 0. The molecule has 0 heterocycles. The second-order valence-electron chi connectivity index (χ2n) is 6.81. The van der Waals surface area contributed by atoms with Crippen LogP contribution in [0.2, 0.25) is 0 Å². The predicted octanol–water partition coefficient (Wildman–Crippen LogP) is 5.81. The Kier molecular flexibility index (Phi) is 10.5. The highest BCUT2D eigenvalue weighted by molar-refractivity contribution is 4.69. The average Bonchev–Trinajstić information content (AvgIpc) is 2.41. The van der Waals surface area contributed by atoms with Crippen LogP contribution in [0.1, 0.15) is 103 Å². The molecule has 114 valence electrons. The summed E-state index contributed by atoms with van der Waals surface area (Å²) < 4.78 is 0. The van der Waals surface area contributed by atoms with Gasteiger partial charge in [0.15, 0.2) is 0 Å². The molecule has 0 aromatic heterocycles. The molecule has 1 saturated carbocycles. The summed E-state index contributed by atoms with van der Waals surface area (Å²) in [5.74, 6) is 0.732. The van der Waals surface area contributed by atoms with Crippen molar-refractivity contribution < 1.29 is 0 Å². The van der Waals surface area contributed by atoms with Crippen molar-refractivity contribution >= 4 is 0 Å². The van der Waals surface area contributed by atoms with Crippen molar-refractivity contribution in [1.82, 2.24) is 0 Å². The summed E-state index contributed by atoms with van der Waals surface area (Å²) in [5.41, 5.74) is 6.31. The summed E-state index contributed by atoms with van der Waals surface area (Å²) >= 11 is 0. The van der Waals surface area contributed by atoms with Gasteiger partial charge in [0.05, 0.1) is 0 Å². The van der Waals surface area contributed by atoms with E-state index in [1.165, 1.54) is 96.3 Å². The largest absolute Gasteiger partial charge is 0.327 e. The minimum absolute atomic E-state index is 0.454. The Labute approximate surface area is 121 Å². The molecule has 1 heteroatoms. The lowest BCUT2D eigenvalue weighted by Gasteiger charge is -2.19. The molecule has 1 nitrogen and oxygen atoms in total. The first-order chi connectivity index (χ1) is 9.30. The van der Waals surface area contributed by atoms with Gasteiger partial charge in [0, 0.05) is 6.04 Å². The van der Waals surface area contributed by atoms with Gasteiger partial charge in [-0.15, -0.1) is 0 Å². The molecule has 2 atom stereocenters. The van der Waals surface area contributed by atoms with Gasteiger partial charge in [-0.3, -0.25) is 0 Å². The number of nitrogens with two attached hydrogens (primary N) is 1. The lowest BCUT2D eigenvalue weighted by Crippen LogP contribution is -2.28. The second-order valence-corrected chi connectivity index (χ2v) is 6.81. The fraction of sp³-hybridized carbons (Fsp3) is 1.00. The summed E-state index contributed by atoms with van der Waals surface area (Å²) in [7, 11) is 0. The van der Waals surface area contributed by atoms with Crippen LogP contribution in [0.5, 0.6) is 0 Å². The van der Waals surface area contributed by atoms with Crippen LogP contribution in [-0.2, 0) is 0 Å². The first-order valence-corrected chi connectivity index (χ1v) is 9.06. The van der Waals surface area contributed by atoms with Crippen molar-refractivity contribution in [2.45, 2.75) is 109 Å². The Balaban J connectivity index is 2.19. The summed E-state index contributed by atoms with van der Waals surface area (Å²) in [6.07, 6.45) is 21.3. The van der Waals surface area contributed by atoms with Crippen molar-refractivity contribution in [3.05, 3.63) is 0 Å². The molecule has 0 saturated heterocycles. The van der Waals surface area contributed by atoms with Gasteiger partial charge < -0.3 is 5.73 Å². The Morgan fingerprint density at radius 1 is 0.526 bits per heavy atom. The van der Waals surface area contributed by atoms with Crippen LogP contribution in [0.4, 0.5) is 0 Å². The van der Waals surface area contributed by atoms with E-state index in [1.54, 1.807) is 0 Å². The minimum atomic E-state index is 0.454.